The van der Waals surface area contributed by atoms with Gasteiger partial charge in [-0.2, -0.15) is 0 Å². The van der Waals surface area contributed by atoms with Crippen molar-refractivity contribution in [2.45, 2.75) is 64.7 Å². The molecule has 220 valence electrons. The highest BCUT2D eigenvalue weighted by Crippen LogP contribution is 2.31. The van der Waals surface area contributed by atoms with Crippen LogP contribution in [-0.4, -0.2) is 42.0 Å². The zero-order valence-electron chi connectivity index (χ0n) is 23.6. The van der Waals surface area contributed by atoms with Crippen molar-refractivity contribution in [3.8, 4) is 28.4 Å². The molecular formula is C33H39FO7. The molecule has 0 saturated carbocycles. The molecule has 7 nitrogen and oxygen atoms in total. The van der Waals surface area contributed by atoms with Gasteiger partial charge in [0.25, 0.3) is 0 Å². The van der Waals surface area contributed by atoms with E-state index >= 15 is 0 Å². The van der Waals surface area contributed by atoms with Crippen molar-refractivity contribution in [3.05, 3.63) is 77.6 Å². The van der Waals surface area contributed by atoms with Gasteiger partial charge in [0.2, 0.25) is 0 Å². The molecule has 0 atom stereocenters. The molecule has 0 fully saturated rings. The van der Waals surface area contributed by atoms with Crippen LogP contribution in [0, 0.1) is 5.82 Å². The molecule has 2 N–H and O–H groups in total. The zero-order chi connectivity index (χ0) is 29.5. The fourth-order valence-electron chi connectivity index (χ4n) is 4.60. The second-order valence-corrected chi connectivity index (χ2v) is 9.78. The van der Waals surface area contributed by atoms with Crippen molar-refractivity contribution >= 4 is 11.9 Å². The standard InChI is InChI=1S/C33H39FO7/c1-2-39-28-21-26(25-12-7-13-27(34)20-25)22-29(23-28)40-18-6-4-3-5-10-24-11-8-14-31(30(24)16-17-33(37)38)41-19-9-15-32(35)36/h7-8,11-14,20-23H,2-6,9-10,15-19H2,1H3,(H,35,36)(H,37,38). The van der Waals surface area contributed by atoms with Crippen LogP contribution in [0.25, 0.3) is 11.1 Å². The van der Waals surface area contributed by atoms with Crippen LogP contribution in [0.5, 0.6) is 17.2 Å². The summed E-state index contributed by atoms with van der Waals surface area (Å²) >= 11 is 0. The number of carbonyl (C=O) groups is 2. The number of carboxylic acid groups (broad SMARTS) is 2. The maximum atomic E-state index is 13.7. The lowest BCUT2D eigenvalue weighted by molar-refractivity contribution is -0.138. The summed E-state index contributed by atoms with van der Waals surface area (Å²) in [5.74, 6) is -0.0438. The second-order valence-electron chi connectivity index (χ2n) is 9.78. The van der Waals surface area contributed by atoms with Gasteiger partial charge in [-0.15, -0.1) is 0 Å². The summed E-state index contributed by atoms with van der Waals surface area (Å²) in [5.41, 5.74) is 3.54. The lowest BCUT2D eigenvalue weighted by atomic mass is 9.97. The summed E-state index contributed by atoms with van der Waals surface area (Å²) < 4.78 is 31.3. The van der Waals surface area contributed by atoms with Crippen molar-refractivity contribution in [1.82, 2.24) is 0 Å². The van der Waals surface area contributed by atoms with Crippen LogP contribution in [0.15, 0.2) is 60.7 Å². The van der Waals surface area contributed by atoms with E-state index in [1.165, 1.54) is 12.1 Å². The quantitative estimate of drug-likeness (QED) is 0.146. The Labute approximate surface area is 240 Å². The molecule has 0 aromatic heterocycles. The Bertz CT molecular complexity index is 1270. The molecule has 0 aliphatic carbocycles. The van der Waals surface area contributed by atoms with Gasteiger partial charge in [0, 0.05) is 18.9 Å². The number of carboxylic acids is 2. The monoisotopic (exact) mass is 566 g/mol. The summed E-state index contributed by atoms with van der Waals surface area (Å²) in [5, 5.41) is 18.0. The van der Waals surface area contributed by atoms with Crippen molar-refractivity contribution in [2.75, 3.05) is 19.8 Å². The van der Waals surface area contributed by atoms with Crippen molar-refractivity contribution in [2.24, 2.45) is 0 Å². The van der Waals surface area contributed by atoms with Crippen LogP contribution >= 0.6 is 0 Å². The van der Waals surface area contributed by atoms with Gasteiger partial charge in [-0.25, -0.2) is 4.39 Å². The Morgan fingerprint density at radius 2 is 1.41 bits per heavy atom. The van der Waals surface area contributed by atoms with Crippen LogP contribution in [0.3, 0.4) is 0 Å². The Balaban J connectivity index is 1.50. The molecule has 0 aliphatic rings. The highest BCUT2D eigenvalue weighted by molar-refractivity contribution is 5.68. The third-order valence-corrected chi connectivity index (χ3v) is 6.57. The summed E-state index contributed by atoms with van der Waals surface area (Å²) in [6.45, 7) is 3.24. The maximum Gasteiger partial charge on any atom is 0.303 e. The Hall–Kier alpha value is -4.07. The third kappa shape index (κ3) is 11.1. The third-order valence-electron chi connectivity index (χ3n) is 6.57. The van der Waals surface area contributed by atoms with Gasteiger partial charge in [-0.3, -0.25) is 9.59 Å². The molecule has 0 heterocycles. The first-order valence-electron chi connectivity index (χ1n) is 14.2. The van der Waals surface area contributed by atoms with Gasteiger partial charge in [-0.1, -0.05) is 37.1 Å². The molecule has 0 amide bonds. The molecule has 0 spiro atoms. The molecule has 0 saturated heterocycles. The van der Waals surface area contributed by atoms with Gasteiger partial charge >= 0.3 is 11.9 Å². The second kappa shape index (κ2) is 16.9. The minimum absolute atomic E-state index is 0.00522. The van der Waals surface area contributed by atoms with Gasteiger partial charge in [-0.05, 0) is 91.6 Å². The number of aryl methyl sites for hydroxylation is 1. The summed E-state index contributed by atoms with van der Waals surface area (Å²) in [6, 6.07) is 17.8. The Kier molecular flexibility index (Phi) is 13.0. The van der Waals surface area contributed by atoms with E-state index in [-0.39, 0.29) is 25.3 Å². The van der Waals surface area contributed by atoms with E-state index in [4.69, 9.17) is 19.3 Å². The van der Waals surface area contributed by atoms with E-state index < -0.39 is 11.9 Å². The number of hydrogen-bond donors (Lipinski definition) is 2. The topological polar surface area (TPSA) is 102 Å². The molecule has 3 rings (SSSR count). The molecule has 41 heavy (non-hydrogen) atoms. The Morgan fingerprint density at radius 3 is 2.15 bits per heavy atom. The predicted molar refractivity (Wildman–Crippen MR) is 155 cm³/mol. The first kappa shape index (κ1) is 31.5. The smallest absolute Gasteiger partial charge is 0.303 e. The van der Waals surface area contributed by atoms with Crippen LogP contribution in [0.1, 0.15) is 63.0 Å². The SMILES string of the molecule is CCOc1cc(OCCCCCCc2cccc(OCCCC(=O)O)c2CCC(=O)O)cc(-c2cccc(F)c2)c1. The maximum absolute atomic E-state index is 13.7. The first-order chi connectivity index (χ1) is 19.9. The highest BCUT2D eigenvalue weighted by atomic mass is 19.1. The number of rotatable bonds is 19. The lowest BCUT2D eigenvalue weighted by Crippen LogP contribution is -2.07. The van der Waals surface area contributed by atoms with E-state index in [0.29, 0.717) is 43.3 Å². The van der Waals surface area contributed by atoms with Crippen LogP contribution in [-0.2, 0) is 22.4 Å². The molecule has 0 radical (unpaired) electrons. The first-order valence-corrected chi connectivity index (χ1v) is 14.2. The molecule has 8 heteroatoms. The number of unbranched alkanes of at least 4 members (excludes halogenated alkanes) is 3. The summed E-state index contributed by atoms with van der Waals surface area (Å²) in [4.78, 5) is 22.0. The van der Waals surface area contributed by atoms with E-state index in [2.05, 4.69) is 0 Å². The van der Waals surface area contributed by atoms with E-state index in [9.17, 15) is 19.1 Å². The number of halogens is 1. The van der Waals surface area contributed by atoms with E-state index in [1.54, 1.807) is 6.07 Å². The number of hydrogen-bond acceptors (Lipinski definition) is 5. The minimum Gasteiger partial charge on any atom is -0.494 e. The molecule has 3 aromatic rings. The summed E-state index contributed by atoms with van der Waals surface area (Å²) in [7, 11) is 0. The average molecular weight is 567 g/mol. The van der Waals surface area contributed by atoms with E-state index in [0.717, 1.165) is 54.4 Å². The molecule has 0 unspecified atom stereocenters. The number of ether oxygens (including phenoxy) is 3. The van der Waals surface area contributed by atoms with Crippen molar-refractivity contribution in [3.63, 3.8) is 0 Å². The van der Waals surface area contributed by atoms with Gasteiger partial charge in [0.1, 0.15) is 23.1 Å². The van der Waals surface area contributed by atoms with Crippen LogP contribution < -0.4 is 14.2 Å². The van der Waals surface area contributed by atoms with Crippen LogP contribution in [0.4, 0.5) is 4.39 Å². The number of aliphatic carboxylic acids is 2. The largest absolute Gasteiger partial charge is 0.494 e. The molecule has 0 aliphatic heterocycles. The zero-order valence-corrected chi connectivity index (χ0v) is 23.6. The molecule has 3 aromatic carbocycles. The van der Waals surface area contributed by atoms with Gasteiger partial charge in [0.05, 0.1) is 19.8 Å². The molecular weight excluding hydrogens is 527 g/mol. The van der Waals surface area contributed by atoms with Crippen molar-refractivity contribution in [1.29, 1.82) is 0 Å². The fourth-order valence-corrected chi connectivity index (χ4v) is 4.60. The fraction of sp³-hybridized carbons (Fsp3) is 0.394. The lowest BCUT2D eigenvalue weighted by Gasteiger charge is -2.15. The molecule has 0 bridgehead atoms. The van der Waals surface area contributed by atoms with Gasteiger partial charge < -0.3 is 24.4 Å². The normalized spacial score (nSPS) is 10.8. The van der Waals surface area contributed by atoms with Crippen molar-refractivity contribution < 1.29 is 38.4 Å². The highest BCUT2D eigenvalue weighted by Gasteiger charge is 2.12. The Morgan fingerprint density at radius 1 is 0.707 bits per heavy atom. The predicted octanol–water partition coefficient (Wildman–Crippen LogP) is 7.33. The minimum atomic E-state index is -0.869. The average Bonchev–Trinajstić information content (AvgIpc) is 2.94. The number of benzene rings is 3. The summed E-state index contributed by atoms with van der Waals surface area (Å²) in [6.07, 6.45) is 5.35. The van der Waals surface area contributed by atoms with Crippen LogP contribution in [0.2, 0.25) is 0 Å². The van der Waals surface area contributed by atoms with Gasteiger partial charge in [0.15, 0.2) is 0 Å². The van der Waals surface area contributed by atoms with E-state index in [1.807, 2.05) is 49.4 Å².